The van der Waals surface area contributed by atoms with Crippen molar-refractivity contribution in [3.63, 3.8) is 0 Å². The molecular formula is C15H28IN5O2. The van der Waals surface area contributed by atoms with Crippen molar-refractivity contribution in [3.8, 4) is 0 Å². The summed E-state index contributed by atoms with van der Waals surface area (Å²) in [5.74, 6) is 0.556. The van der Waals surface area contributed by atoms with Crippen molar-refractivity contribution in [2.24, 2.45) is 12.0 Å². The van der Waals surface area contributed by atoms with Gasteiger partial charge < -0.3 is 15.4 Å². The number of guanidine groups is 1. The number of aryl methyl sites for hydroxylation is 2. The van der Waals surface area contributed by atoms with Crippen molar-refractivity contribution in [2.75, 3.05) is 20.2 Å². The minimum atomic E-state index is -0.158. The minimum absolute atomic E-state index is 0. The van der Waals surface area contributed by atoms with Gasteiger partial charge >= 0.3 is 5.97 Å². The summed E-state index contributed by atoms with van der Waals surface area (Å²) >= 11 is 0. The molecule has 0 radical (unpaired) electrons. The highest BCUT2D eigenvalue weighted by Crippen LogP contribution is 2.10. The smallest absolute Gasteiger partial charge is 0.305 e. The Morgan fingerprint density at radius 2 is 2.04 bits per heavy atom. The summed E-state index contributed by atoms with van der Waals surface area (Å²) in [4.78, 5) is 15.4. The van der Waals surface area contributed by atoms with Gasteiger partial charge in [-0.15, -0.1) is 24.0 Å². The quantitative estimate of drug-likeness (QED) is 0.223. The van der Waals surface area contributed by atoms with Crippen molar-refractivity contribution >= 4 is 35.9 Å². The Kier molecular flexibility index (Phi) is 10.6. The Hall–Kier alpha value is -1.32. The SMILES string of the molecule is CCOC(=O)CCCNC(=NC)NCc1c(C)nn(C)c1C.I. The number of ether oxygens (including phenoxy) is 1. The third kappa shape index (κ3) is 7.19. The number of halogens is 1. The van der Waals surface area contributed by atoms with Crippen molar-refractivity contribution in [3.05, 3.63) is 17.0 Å². The first-order valence-electron chi connectivity index (χ1n) is 7.58. The average Bonchev–Trinajstić information content (AvgIpc) is 2.72. The van der Waals surface area contributed by atoms with Gasteiger partial charge in [-0.1, -0.05) is 0 Å². The second kappa shape index (κ2) is 11.3. The van der Waals surface area contributed by atoms with Gasteiger partial charge in [0.1, 0.15) is 0 Å². The van der Waals surface area contributed by atoms with Crippen LogP contribution in [0.4, 0.5) is 0 Å². The second-order valence-corrected chi connectivity index (χ2v) is 5.03. The number of carbonyl (C=O) groups is 1. The molecule has 0 fully saturated rings. The Morgan fingerprint density at radius 3 is 2.57 bits per heavy atom. The summed E-state index contributed by atoms with van der Waals surface area (Å²) in [5, 5.41) is 10.8. The number of carbonyl (C=O) groups excluding carboxylic acids is 1. The standard InChI is InChI=1S/C15H27N5O2.HI/c1-6-22-14(21)8-7-9-17-15(16-4)18-10-13-11(2)19-20(5)12(13)3;/h6-10H2,1-5H3,(H2,16,17,18);1H. The lowest BCUT2D eigenvalue weighted by Crippen LogP contribution is -2.37. The van der Waals surface area contributed by atoms with Gasteiger partial charge in [0.15, 0.2) is 5.96 Å². The van der Waals surface area contributed by atoms with E-state index in [1.54, 1.807) is 7.05 Å². The zero-order valence-electron chi connectivity index (χ0n) is 14.6. The molecule has 2 N–H and O–H groups in total. The first-order chi connectivity index (χ1) is 10.5. The van der Waals surface area contributed by atoms with Gasteiger partial charge in [-0.05, 0) is 27.2 Å². The number of aliphatic imine (C=N–C) groups is 1. The van der Waals surface area contributed by atoms with E-state index in [2.05, 4.69) is 20.7 Å². The summed E-state index contributed by atoms with van der Waals surface area (Å²) in [6.07, 6.45) is 1.13. The van der Waals surface area contributed by atoms with Gasteiger partial charge in [0, 0.05) is 44.9 Å². The Morgan fingerprint density at radius 1 is 1.35 bits per heavy atom. The van der Waals surface area contributed by atoms with Crippen LogP contribution in [0.15, 0.2) is 4.99 Å². The number of nitrogens with zero attached hydrogens (tertiary/aromatic N) is 3. The van der Waals surface area contributed by atoms with Crippen LogP contribution >= 0.6 is 24.0 Å². The van der Waals surface area contributed by atoms with Crippen LogP contribution < -0.4 is 10.6 Å². The van der Waals surface area contributed by atoms with Gasteiger partial charge in [-0.25, -0.2) is 0 Å². The Labute approximate surface area is 155 Å². The molecule has 0 saturated heterocycles. The lowest BCUT2D eigenvalue weighted by Gasteiger charge is -2.12. The molecule has 1 rings (SSSR count). The molecule has 1 aromatic heterocycles. The van der Waals surface area contributed by atoms with E-state index in [0.29, 0.717) is 38.5 Å². The third-order valence-electron chi connectivity index (χ3n) is 3.47. The van der Waals surface area contributed by atoms with Crippen molar-refractivity contribution in [2.45, 2.75) is 40.2 Å². The molecule has 1 heterocycles. The van der Waals surface area contributed by atoms with E-state index in [4.69, 9.17) is 4.74 Å². The number of rotatable bonds is 7. The molecule has 0 aliphatic carbocycles. The van der Waals surface area contributed by atoms with Gasteiger partial charge in [0.05, 0.1) is 12.3 Å². The average molecular weight is 437 g/mol. The Bertz CT molecular complexity index is 528. The summed E-state index contributed by atoms with van der Waals surface area (Å²) < 4.78 is 6.76. The fraction of sp³-hybridized carbons (Fsp3) is 0.667. The summed E-state index contributed by atoms with van der Waals surface area (Å²) in [5.41, 5.74) is 3.34. The number of hydrogen-bond acceptors (Lipinski definition) is 4. The van der Waals surface area contributed by atoms with Gasteiger partial charge in [-0.2, -0.15) is 5.10 Å². The normalized spacial score (nSPS) is 10.9. The topological polar surface area (TPSA) is 80.5 Å². The van der Waals surface area contributed by atoms with E-state index in [0.717, 1.165) is 11.4 Å². The van der Waals surface area contributed by atoms with Crippen molar-refractivity contribution < 1.29 is 9.53 Å². The minimum Gasteiger partial charge on any atom is -0.466 e. The summed E-state index contributed by atoms with van der Waals surface area (Å²) in [7, 11) is 3.66. The highest BCUT2D eigenvalue weighted by atomic mass is 127. The van der Waals surface area contributed by atoms with E-state index in [1.807, 2.05) is 32.5 Å². The first-order valence-corrected chi connectivity index (χ1v) is 7.58. The molecule has 0 saturated carbocycles. The van der Waals surface area contributed by atoms with Crippen LogP contribution in [0.5, 0.6) is 0 Å². The van der Waals surface area contributed by atoms with Crippen LogP contribution in [0.1, 0.15) is 36.7 Å². The van der Waals surface area contributed by atoms with Gasteiger partial charge in [0.25, 0.3) is 0 Å². The predicted molar refractivity (Wildman–Crippen MR) is 102 cm³/mol. The lowest BCUT2D eigenvalue weighted by atomic mass is 10.2. The number of nitrogens with one attached hydrogen (secondary N) is 2. The monoisotopic (exact) mass is 437 g/mol. The van der Waals surface area contributed by atoms with Crippen molar-refractivity contribution in [1.82, 2.24) is 20.4 Å². The predicted octanol–water partition coefficient (Wildman–Crippen LogP) is 1.66. The van der Waals surface area contributed by atoms with Crippen LogP contribution in [-0.2, 0) is 23.1 Å². The molecule has 7 nitrogen and oxygen atoms in total. The second-order valence-electron chi connectivity index (χ2n) is 5.03. The van der Waals surface area contributed by atoms with E-state index >= 15 is 0 Å². The zero-order chi connectivity index (χ0) is 16.5. The lowest BCUT2D eigenvalue weighted by molar-refractivity contribution is -0.143. The molecule has 0 aromatic carbocycles. The highest BCUT2D eigenvalue weighted by molar-refractivity contribution is 14.0. The molecule has 0 unspecified atom stereocenters. The molecule has 0 atom stereocenters. The highest BCUT2D eigenvalue weighted by Gasteiger charge is 2.09. The maximum absolute atomic E-state index is 11.2. The van der Waals surface area contributed by atoms with Gasteiger partial charge in [0.2, 0.25) is 0 Å². The van der Waals surface area contributed by atoms with Gasteiger partial charge in [-0.3, -0.25) is 14.5 Å². The van der Waals surface area contributed by atoms with E-state index in [1.165, 1.54) is 5.56 Å². The largest absolute Gasteiger partial charge is 0.466 e. The number of hydrogen-bond donors (Lipinski definition) is 2. The molecule has 0 aliphatic rings. The first kappa shape index (κ1) is 21.7. The number of aromatic nitrogens is 2. The molecule has 0 amide bonds. The Balaban J connectivity index is 0.00000484. The maximum Gasteiger partial charge on any atom is 0.305 e. The van der Waals surface area contributed by atoms with Crippen LogP contribution in [-0.4, -0.2) is 41.9 Å². The third-order valence-corrected chi connectivity index (χ3v) is 3.47. The molecule has 132 valence electrons. The summed E-state index contributed by atoms with van der Waals surface area (Å²) in [6, 6.07) is 0. The molecule has 0 aliphatic heterocycles. The fourth-order valence-corrected chi connectivity index (χ4v) is 2.14. The van der Waals surface area contributed by atoms with Crippen molar-refractivity contribution in [1.29, 1.82) is 0 Å². The van der Waals surface area contributed by atoms with E-state index < -0.39 is 0 Å². The molecule has 8 heteroatoms. The maximum atomic E-state index is 11.2. The number of esters is 1. The zero-order valence-corrected chi connectivity index (χ0v) is 16.9. The van der Waals surface area contributed by atoms with E-state index in [9.17, 15) is 4.79 Å². The molecule has 23 heavy (non-hydrogen) atoms. The van der Waals surface area contributed by atoms with Crippen LogP contribution in [0.3, 0.4) is 0 Å². The van der Waals surface area contributed by atoms with E-state index in [-0.39, 0.29) is 29.9 Å². The summed E-state index contributed by atoms with van der Waals surface area (Å²) in [6.45, 7) is 7.63. The van der Waals surface area contributed by atoms with Crippen LogP contribution in [0.2, 0.25) is 0 Å². The molecule has 0 spiro atoms. The molecule has 0 bridgehead atoms. The molecular weight excluding hydrogens is 409 g/mol. The molecule has 1 aromatic rings. The van der Waals surface area contributed by atoms with Crippen LogP contribution in [0, 0.1) is 13.8 Å². The fourth-order valence-electron chi connectivity index (χ4n) is 2.14. The van der Waals surface area contributed by atoms with Crippen LogP contribution in [0.25, 0.3) is 0 Å².